The van der Waals surface area contributed by atoms with Gasteiger partial charge in [0.15, 0.2) is 0 Å². The number of rotatable bonds is 1. The van der Waals surface area contributed by atoms with Crippen molar-refractivity contribution in [2.24, 2.45) is 0 Å². The van der Waals surface area contributed by atoms with Crippen LogP contribution in [0.5, 0.6) is 0 Å². The van der Waals surface area contributed by atoms with E-state index in [9.17, 15) is 4.79 Å². The van der Waals surface area contributed by atoms with Crippen molar-refractivity contribution < 1.29 is 4.79 Å². The van der Waals surface area contributed by atoms with Gasteiger partial charge in [0.2, 0.25) is 0 Å². The van der Waals surface area contributed by atoms with Crippen LogP contribution in [0.3, 0.4) is 0 Å². The number of amides is 2. The van der Waals surface area contributed by atoms with Gasteiger partial charge < -0.3 is 15.1 Å². The molecule has 2 amide bonds. The Balaban J connectivity index is 1.76. The Morgan fingerprint density at radius 2 is 2.17 bits per heavy atom. The molecule has 0 aliphatic carbocycles. The number of urea groups is 1. The van der Waals surface area contributed by atoms with Crippen LogP contribution in [0.25, 0.3) is 0 Å². The highest BCUT2D eigenvalue weighted by molar-refractivity contribution is 5.92. The zero-order valence-electron chi connectivity index (χ0n) is 10.6. The van der Waals surface area contributed by atoms with Gasteiger partial charge >= 0.3 is 6.03 Å². The molecule has 2 aliphatic heterocycles. The van der Waals surface area contributed by atoms with E-state index in [1.54, 1.807) is 6.20 Å². The molecule has 0 saturated carbocycles. The summed E-state index contributed by atoms with van der Waals surface area (Å²) in [6.07, 6.45) is 5.67. The number of likely N-dealkylation sites (tertiary alicyclic amines) is 1. The van der Waals surface area contributed by atoms with E-state index in [0.717, 1.165) is 37.2 Å². The third-order valence-electron chi connectivity index (χ3n) is 3.88. The first-order valence-electron chi connectivity index (χ1n) is 6.43. The van der Waals surface area contributed by atoms with Crippen molar-refractivity contribution in [1.29, 1.82) is 0 Å². The summed E-state index contributed by atoms with van der Waals surface area (Å²) in [7, 11) is 2.13. The second-order valence-corrected chi connectivity index (χ2v) is 5.13. The predicted molar refractivity (Wildman–Crippen MR) is 69.3 cm³/mol. The first-order chi connectivity index (χ1) is 8.74. The highest BCUT2D eigenvalue weighted by Crippen LogP contribution is 2.26. The minimum atomic E-state index is 0.0308. The van der Waals surface area contributed by atoms with Gasteiger partial charge in [0.05, 0.1) is 12.2 Å². The highest BCUT2D eigenvalue weighted by atomic mass is 16.2. The number of pyridine rings is 1. The molecule has 5 heteroatoms. The van der Waals surface area contributed by atoms with Crippen molar-refractivity contribution in [3.63, 3.8) is 0 Å². The summed E-state index contributed by atoms with van der Waals surface area (Å²) in [5.41, 5.74) is 2.01. The first kappa shape index (κ1) is 11.5. The third-order valence-corrected chi connectivity index (χ3v) is 3.88. The average Bonchev–Trinajstić information content (AvgIpc) is 2.39. The number of hydrogen-bond acceptors (Lipinski definition) is 3. The van der Waals surface area contributed by atoms with Crippen LogP contribution >= 0.6 is 0 Å². The monoisotopic (exact) mass is 246 g/mol. The molecule has 18 heavy (non-hydrogen) atoms. The summed E-state index contributed by atoms with van der Waals surface area (Å²) in [4.78, 5) is 20.5. The normalized spacial score (nSPS) is 21.6. The van der Waals surface area contributed by atoms with Crippen molar-refractivity contribution in [3.8, 4) is 0 Å². The van der Waals surface area contributed by atoms with Crippen LogP contribution in [0.1, 0.15) is 18.4 Å². The maximum atomic E-state index is 12.1. The third kappa shape index (κ3) is 2.06. The van der Waals surface area contributed by atoms with E-state index in [4.69, 9.17) is 0 Å². The van der Waals surface area contributed by atoms with Crippen molar-refractivity contribution >= 4 is 11.7 Å². The van der Waals surface area contributed by atoms with Crippen LogP contribution in [0.2, 0.25) is 0 Å². The molecule has 0 aromatic carbocycles. The van der Waals surface area contributed by atoms with E-state index < -0.39 is 0 Å². The molecule has 1 saturated heterocycles. The van der Waals surface area contributed by atoms with Crippen molar-refractivity contribution in [1.82, 2.24) is 14.8 Å². The minimum absolute atomic E-state index is 0.0308. The van der Waals surface area contributed by atoms with Gasteiger partial charge in [0, 0.05) is 24.0 Å². The molecule has 96 valence electrons. The number of anilines is 1. The van der Waals surface area contributed by atoms with Gasteiger partial charge in [-0.3, -0.25) is 4.98 Å². The molecule has 0 spiro atoms. The number of nitrogens with one attached hydrogen (secondary N) is 1. The van der Waals surface area contributed by atoms with E-state index in [0.29, 0.717) is 12.6 Å². The topological polar surface area (TPSA) is 48.5 Å². The summed E-state index contributed by atoms with van der Waals surface area (Å²) in [6, 6.07) is 2.25. The van der Waals surface area contributed by atoms with Gasteiger partial charge in [-0.25, -0.2) is 4.79 Å². The Bertz CT molecular complexity index is 454. The van der Waals surface area contributed by atoms with E-state index in [1.807, 2.05) is 17.2 Å². The molecule has 0 radical (unpaired) electrons. The summed E-state index contributed by atoms with van der Waals surface area (Å²) < 4.78 is 0. The summed E-state index contributed by atoms with van der Waals surface area (Å²) in [5, 5.41) is 2.95. The first-order valence-corrected chi connectivity index (χ1v) is 6.43. The quantitative estimate of drug-likeness (QED) is 0.817. The average molecular weight is 246 g/mol. The van der Waals surface area contributed by atoms with Crippen molar-refractivity contribution in [3.05, 3.63) is 24.0 Å². The Morgan fingerprint density at radius 3 is 2.94 bits per heavy atom. The van der Waals surface area contributed by atoms with Gasteiger partial charge in [-0.15, -0.1) is 0 Å². The van der Waals surface area contributed by atoms with E-state index in [1.165, 1.54) is 0 Å². The smallest absolute Gasteiger partial charge is 0.317 e. The lowest BCUT2D eigenvalue weighted by atomic mass is 10.0. The van der Waals surface area contributed by atoms with Gasteiger partial charge in [-0.05, 0) is 39.0 Å². The van der Waals surface area contributed by atoms with E-state index in [-0.39, 0.29) is 6.03 Å². The largest absolute Gasteiger partial charge is 0.322 e. The van der Waals surface area contributed by atoms with Gasteiger partial charge in [-0.2, -0.15) is 0 Å². The fourth-order valence-electron chi connectivity index (χ4n) is 2.72. The van der Waals surface area contributed by atoms with Crippen LogP contribution in [0.4, 0.5) is 10.5 Å². The summed E-state index contributed by atoms with van der Waals surface area (Å²) in [6.45, 7) is 2.81. The zero-order valence-corrected chi connectivity index (χ0v) is 10.6. The van der Waals surface area contributed by atoms with Crippen LogP contribution in [0, 0.1) is 0 Å². The SMILES string of the molecule is CN1CCC(N2Cc3cnccc3NC2=O)CC1. The molecular weight excluding hydrogens is 228 g/mol. The molecule has 0 unspecified atom stereocenters. The van der Waals surface area contributed by atoms with E-state index in [2.05, 4.69) is 22.2 Å². The van der Waals surface area contributed by atoms with E-state index >= 15 is 0 Å². The van der Waals surface area contributed by atoms with Crippen molar-refractivity contribution in [2.75, 3.05) is 25.5 Å². The summed E-state index contributed by atoms with van der Waals surface area (Å²) >= 11 is 0. The highest BCUT2D eigenvalue weighted by Gasteiger charge is 2.30. The Labute approximate surface area is 107 Å². The van der Waals surface area contributed by atoms with Crippen molar-refractivity contribution in [2.45, 2.75) is 25.4 Å². The second kappa shape index (κ2) is 4.57. The number of fused-ring (bicyclic) bond motifs is 1. The molecular formula is C13H18N4O. The molecule has 1 fully saturated rings. The fourth-order valence-corrected chi connectivity index (χ4v) is 2.72. The fraction of sp³-hybridized carbons (Fsp3) is 0.538. The molecule has 1 aromatic rings. The predicted octanol–water partition coefficient (Wildman–Crippen LogP) is 1.52. The van der Waals surface area contributed by atoms with Gasteiger partial charge in [0.1, 0.15) is 0 Å². The Kier molecular flexibility index (Phi) is 2.91. The van der Waals surface area contributed by atoms with Crippen LogP contribution in [-0.4, -0.2) is 47.0 Å². The molecule has 0 bridgehead atoms. The number of hydrogen-bond donors (Lipinski definition) is 1. The van der Waals surface area contributed by atoms with Gasteiger partial charge in [-0.1, -0.05) is 0 Å². The van der Waals surface area contributed by atoms with Gasteiger partial charge in [0.25, 0.3) is 0 Å². The maximum absolute atomic E-state index is 12.1. The molecule has 1 N–H and O–H groups in total. The lowest BCUT2D eigenvalue weighted by Crippen LogP contribution is -2.49. The number of aromatic nitrogens is 1. The number of piperidine rings is 1. The molecule has 1 aromatic heterocycles. The zero-order chi connectivity index (χ0) is 12.5. The van der Waals surface area contributed by atoms with Crippen LogP contribution in [0.15, 0.2) is 18.5 Å². The Hall–Kier alpha value is -1.62. The molecule has 3 heterocycles. The second-order valence-electron chi connectivity index (χ2n) is 5.13. The summed E-state index contributed by atoms with van der Waals surface area (Å²) in [5.74, 6) is 0. The molecule has 2 aliphatic rings. The number of carbonyl (C=O) groups is 1. The van der Waals surface area contributed by atoms with Crippen LogP contribution in [-0.2, 0) is 6.54 Å². The standard InChI is InChI=1S/C13H18N4O/c1-16-6-3-11(4-7-16)17-9-10-8-14-5-2-12(10)15-13(17)18/h2,5,8,11H,3-4,6-7,9H2,1H3,(H,15,18). The lowest BCUT2D eigenvalue weighted by molar-refractivity contribution is 0.133. The number of carbonyl (C=O) groups excluding carboxylic acids is 1. The minimum Gasteiger partial charge on any atom is -0.317 e. The molecule has 0 atom stereocenters. The molecule has 3 rings (SSSR count). The lowest BCUT2D eigenvalue weighted by Gasteiger charge is -2.39. The van der Waals surface area contributed by atoms with Crippen LogP contribution < -0.4 is 5.32 Å². The number of nitrogens with zero attached hydrogens (tertiary/aromatic N) is 3. The maximum Gasteiger partial charge on any atom is 0.322 e. The molecule has 5 nitrogen and oxygen atoms in total. The Morgan fingerprint density at radius 1 is 1.39 bits per heavy atom.